The molecule has 3 rings (SSSR count). The van der Waals surface area contributed by atoms with Gasteiger partial charge < -0.3 is 9.47 Å². The van der Waals surface area contributed by atoms with E-state index in [2.05, 4.69) is 6.92 Å². The van der Waals surface area contributed by atoms with Gasteiger partial charge in [0, 0.05) is 10.6 Å². The third kappa shape index (κ3) is 3.00. The summed E-state index contributed by atoms with van der Waals surface area (Å²) in [6.45, 7) is 2.09. The van der Waals surface area contributed by atoms with Crippen molar-refractivity contribution in [1.29, 1.82) is 0 Å². The van der Waals surface area contributed by atoms with Crippen LogP contribution in [-0.4, -0.2) is 29.9 Å². The summed E-state index contributed by atoms with van der Waals surface area (Å²) in [6, 6.07) is 9.88. The number of thioether (sulfide) groups is 1. The van der Waals surface area contributed by atoms with E-state index in [0.29, 0.717) is 5.75 Å². The maximum Gasteiger partial charge on any atom is 0.314 e. The van der Waals surface area contributed by atoms with Crippen molar-refractivity contribution < 1.29 is 19.1 Å². The molecule has 0 aliphatic carbocycles. The van der Waals surface area contributed by atoms with Crippen LogP contribution >= 0.6 is 11.8 Å². The summed E-state index contributed by atoms with van der Waals surface area (Å²) in [5.41, 5.74) is 0. The molecule has 2 saturated heterocycles. The highest BCUT2D eigenvalue weighted by atomic mass is 32.2. The van der Waals surface area contributed by atoms with Crippen molar-refractivity contribution in [2.45, 2.75) is 43.3 Å². The number of hydrogen-bond acceptors (Lipinski definition) is 5. The van der Waals surface area contributed by atoms with Gasteiger partial charge in [0.25, 0.3) is 0 Å². The molecule has 0 amide bonds. The summed E-state index contributed by atoms with van der Waals surface area (Å²) >= 11 is 1.58. The minimum absolute atomic E-state index is 0.253. The summed E-state index contributed by atoms with van der Waals surface area (Å²) in [7, 11) is 0. The van der Waals surface area contributed by atoms with Crippen molar-refractivity contribution in [2.24, 2.45) is 11.8 Å². The summed E-state index contributed by atoms with van der Waals surface area (Å²) in [4.78, 5) is 25.4. The van der Waals surface area contributed by atoms with Crippen LogP contribution < -0.4 is 0 Å². The topological polar surface area (TPSA) is 52.6 Å². The Morgan fingerprint density at radius 2 is 1.86 bits per heavy atom. The third-order valence-corrected chi connectivity index (χ3v) is 5.39. The molecule has 2 fully saturated rings. The smallest absolute Gasteiger partial charge is 0.314 e. The average Bonchev–Trinajstić information content (AvgIpc) is 3.01. The Kier molecular flexibility index (Phi) is 4.71. The molecule has 0 bridgehead atoms. The van der Waals surface area contributed by atoms with Gasteiger partial charge in [-0.05, 0) is 25.0 Å². The van der Waals surface area contributed by atoms with Crippen molar-refractivity contribution in [3.63, 3.8) is 0 Å². The lowest BCUT2D eigenvalue weighted by Crippen LogP contribution is -2.26. The van der Waals surface area contributed by atoms with Gasteiger partial charge in [-0.1, -0.05) is 31.5 Å². The van der Waals surface area contributed by atoms with Crippen LogP contribution in [0.15, 0.2) is 35.2 Å². The lowest BCUT2D eigenvalue weighted by molar-refractivity contribution is -0.155. The zero-order valence-corrected chi connectivity index (χ0v) is 13.4. The molecule has 4 nitrogen and oxygen atoms in total. The molecular weight excluding hydrogens is 300 g/mol. The van der Waals surface area contributed by atoms with E-state index in [1.54, 1.807) is 11.8 Å². The monoisotopic (exact) mass is 320 g/mol. The fourth-order valence-electron chi connectivity index (χ4n) is 3.07. The van der Waals surface area contributed by atoms with E-state index in [4.69, 9.17) is 9.47 Å². The molecule has 2 aliphatic rings. The SMILES string of the molecule is CCCCC1OC(=O)C2C(CSc3ccccc3)C(=O)OC12. The number of carbonyl (C=O) groups excluding carboxylic acids is 2. The second kappa shape index (κ2) is 6.73. The van der Waals surface area contributed by atoms with Gasteiger partial charge in [-0.25, -0.2) is 0 Å². The van der Waals surface area contributed by atoms with Crippen molar-refractivity contribution in [1.82, 2.24) is 0 Å². The van der Waals surface area contributed by atoms with E-state index >= 15 is 0 Å². The molecule has 2 aliphatic heterocycles. The summed E-state index contributed by atoms with van der Waals surface area (Å²) in [6.07, 6.45) is 2.14. The Morgan fingerprint density at radius 3 is 2.59 bits per heavy atom. The highest BCUT2D eigenvalue weighted by Gasteiger charge is 2.57. The predicted molar refractivity (Wildman–Crippen MR) is 83.4 cm³/mol. The number of ether oxygens (including phenoxy) is 2. The van der Waals surface area contributed by atoms with Gasteiger partial charge in [0.05, 0.1) is 5.92 Å². The fourth-order valence-corrected chi connectivity index (χ4v) is 4.14. The maximum atomic E-state index is 12.1. The molecule has 118 valence electrons. The molecule has 0 N–H and O–H groups in total. The van der Waals surface area contributed by atoms with Crippen molar-refractivity contribution in [2.75, 3.05) is 5.75 Å². The Hall–Kier alpha value is -1.49. The normalized spacial score (nSPS) is 30.0. The lowest BCUT2D eigenvalue weighted by Gasteiger charge is -2.14. The number of unbranched alkanes of at least 4 members (excludes halogenated alkanes) is 1. The van der Waals surface area contributed by atoms with Crippen LogP contribution in [0.1, 0.15) is 26.2 Å². The molecule has 0 spiro atoms. The van der Waals surface area contributed by atoms with Gasteiger partial charge in [-0.2, -0.15) is 0 Å². The minimum atomic E-state index is -0.425. The van der Waals surface area contributed by atoms with Crippen LogP contribution in [0, 0.1) is 11.8 Å². The number of cyclic esters (lactones) is 1. The number of rotatable bonds is 6. The van der Waals surface area contributed by atoms with Crippen molar-refractivity contribution in [3.05, 3.63) is 30.3 Å². The third-order valence-electron chi connectivity index (χ3n) is 4.26. The Morgan fingerprint density at radius 1 is 1.09 bits per heavy atom. The highest BCUT2D eigenvalue weighted by molar-refractivity contribution is 7.99. The Labute approximate surface area is 134 Å². The van der Waals surface area contributed by atoms with Crippen LogP contribution in [0.2, 0.25) is 0 Å². The highest BCUT2D eigenvalue weighted by Crippen LogP contribution is 2.41. The molecule has 4 unspecified atom stereocenters. The van der Waals surface area contributed by atoms with E-state index in [1.165, 1.54) is 0 Å². The number of carbonyl (C=O) groups is 2. The molecule has 0 radical (unpaired) electrons. The lowest BCUT2D eigenvalue weighted by atomic mass is 9.90. The summed E-state index contributed by atoms with van der Waals surface area (Å²) < 4.78 is 10.9. The van der Waals surface area contributed by atoms with E-state index in [0.717, 1.165) is 24.2 Å². The molecule has 4 atom stereocenters. The Balaban J connectivity index is 1.65. The van der Waals surface area contributed by atoms with Gasteiger partial charge in [-0.15, -0.1) is 11.8 Å². The van der Waals surface area contributed by atoms with E-state index in [9.17, 15) is 9.59 Å². The number of fused-ring (bicyclic) bond motifs is 1. The van der Waals surface area contributed by atoms with Crippen LogP contribution in [0.5, 0.6) is 0 Å². The Bertz CT molecular complexity index is 545. The first-order chi connectivity index (χ1) is 10.7. The molecule has 0 saturated carbocycles. The standard InChI is InChI=1S/C17H20O4S/c1-2-3-9-13-15-14(17(19)20-13)12(16(18)21-15)10-22-11-7-5-4-6-8-11/h4-8,12-15H,2-3,9-10H2,1H3. The second-order valence-corrected chi connectivity index (χ2v) is 6.87. The number of benzene rings is 1. The zero-order chi connectivity index (χ0) is 15.5. The second-order valence-electron chi connectivity index (χ2n) is 5.78. The van der Waals surface area contributed by atoms with Crippen LogP contribution in [0.4, 0.5) is 0 Å². The fraction of sp³-hybridized carbons (Fsp3) is 0.529. The van der Waals surface area contributed by atoms with Gasteiger partial charge in [0.2, 0.25) is 0 Å². The summed E-state index contributed by atoms with van der Waals surface area (Å²) in [5.74, 6) is -0.785. The van der Waals surface area contributed by atoms with Crippen molar-refractivity contribution in [3.8, 4) is 0 Å². The summed E-state index contributed by atoms with van der Waals surface area (Å²) in [5, 5.41) is 0. The van der Waals surface area contributed by atoms with E-state index in [-0.39, 0.29) is 24.1 Å². The molecule has 5 heteroatoms. The molecule has 1 aromatic carbocycles. The quantitative estimate of drug-likeness (QED) is 0.595. The largest absolute Gasteiger partial charge is 0.458 e. The number of hydrogen-bond donors (Lipinski definition) is 0. The minimum Gasteiger partial charge on any atom is -0.458 e. The zero-order valence-electron chi connectivity index (χ0n) is 12.6. The van der Waals surface area contributed by atoms with Gasteiger partial charge >= 0.3 is 11.9 Å². The molecule has 22 heavy (non-hydrogen) atoms. The van der Waals surface area contributed by atoms with E-state index in [1.807, 2.05) is 30.3 Å². The first-order valence-electron chi connectivity index (χ1n) is 7.79. The van der Waals surface area contributed by atoms with E-state index < -0.39 is 11.8 Å². The maximum absolute atomic E-state index is 12.1. The van der Waals surface area contributed by atoms with Crippen LogP contribution in [0.3, 0.4) is 0 Å². The first kappa shape index (κ1) is 15.4. The average molecular weight is 320 g/mol. The molecule has 2 heterocycles. The van der Waals surface area contributed by atoms with Crippen molar-refractivity contribution >= 4 is 23.7 Å². The van der Waals surface area contributed by atoms with Crippen LogP contribution in [0.25, 0.3) is 0 Å². The first-order valence-corrected chi connectivity index (χ1v) is 8.78. The number of esters is 2. The molecule has 0 aromatic heterocycles. The van der Waals surface area contributed by atoms with Gasteiger partial charge in [-0.3, -0.25) is 9.59 Å². The van der Waals surface area contributed by atoms with Gasteiger partial charge in [0.15, 0.2) is 6.10 Å². The molecule has 1 aromatic rings. The predicted octanol–water partition coefficient (Wildman–Crippen LogP) is 3.05. The van der Waals surface area contributed by atoms with Crippen LogP contribution in [-0.2, 0) is 19.1 Å². The van der Waals surface area contributed by atoms with Gasteiger partial charge in [0.1, 0.15) is 12.0 Å². The molecular formula is C17H20O4S.